The molecule has 0 atom stereocenters. The number of pyridine rings is 1. The van der Waals surface area contributed by atoms with Crippen LogP contribution >= 0.6 is 23.2 Å². The second kappa shape index (κ2) is 5.43. The number of hydrogen-bond donors (Lipinski definition) is 2. The van der Waals surface area contributed by atoms with E-state index >= 15 is 0 Å². The van der Waals surface area contributed by atoms with E-state index in [-0.39, 0.29) is 26.3 Å². The van der Waals surface area contributed by atoms with Crippen LogP contribution in [0.4, 0.5) is 15.8 Å². The highest BCUT2D eigenvalue weighted by molar-refractivity contribution is 7.92. The Balaban J connectivity index is 2.44. The van der Waals surface area contributed by atoms with Crippen LogP contribution in [-0.2, 0) is 10.0 Å². The summed E-state index contributed by atoms with van der Waals surface area (Å²) < 4.78 is 39.7. The number of hydrogen-bond acceptors (Lipinski definition) is 4. The molecule has 2 aromatic rings. The van der Waals surface area contributed by atoms with Gasteiger partial charge in [0.05, 0.1) is 32.5 Å². The van der Waals surface area contributed by atoms with Crippen molar-refractivity contribution in [2.45, 2.75) is 4.90 Å². The van der Waals surface area contributed by atoms with Gasteiger partial charge >= 0.3 is 0 Å². The molecule has 0 fully saturated rings. The van der Waals surface area contributed by atoms with Crippen LogP contribution in [0.1, 0.15) is 0 Å². The van der Waals surface area contributed by atoms with Crippen molar-refractivity contribution in [2.75, 3.05) is 10.5 Å². The van der Waals surface area contributed by atoms with E-state index in [0.29, 0.717) is 0 Å². The average molecular weight is 336 g/mol. The number of anilines is 2. The number of halogens is 3. The lowest BCUT2D eigenvalue weighted by Crippen LogP contribution is -2.14. The van der Waals surface area contributed by atoms with Crippen LogP contribution in [0.25, 0.3) is 0 Å². The van der Waals surface area contributed by atoms with E-state index < -0.39 is 15.8 Å². The Morgan fingerprint density at radius 1 is 1.25 bits per heavy atom. The van der Waals surface area contributed by atoms with Crippen LogP contribution in [-0.4, -0.2) is 13.4 Å². The van der Waals surface area contributed by atoms with Crippen LogP contribution in [0.2, 0.25) is 10.0 Å². The number of aromatic nitrogens is 1. The Bertz CT molecular complexity index is 745. The second-order valence-electron chi connectivity index (χ2n) is 3.76. The minimum atomic E-state index is -4.04. The number of nitrogens with zero attached hydrogens (tertiary/aromatic N) is 1. The Kier molecular flexibility index (Phi) is 4.03. The fourth-order valence-corrected chi connectivity index (χ4v) is 3.11. The van der Waals surface area contributed by atoms with Gasteiger partial charge < -0.3 is 5.73 Å². The number of sulfonamides is 1. The van der Waals surface area contributed by atoms with Gasteiger partial charge in [-0.2, -0.15) is 0 Å². The molecule has 0 amide bonds. The van der Waals surface area contributed by atoms with Gasteiger partial charge in [0, 0.05) is 6.20 Å². The third kappa shape index (κ3) is 2.95. The van der Waals surface area contributed by atoms with Crippen molar-refractivity contribution in [3.8, 4) is 0 Å². The highest BCUT2D eigenvalue weighted by atomic mass is 35.5. The molecular formula is C11H8Cl2FN3O2S. The van der Waals surface area contributed by atoms with Gasteiger partial charge in [-0.1, -0.05) is 23.2 Å². The summed E-state index contributed by atoms with van der Waals surface area (Å²) in [6.45, 7) is 0. The van der Waals surface area contributed by atoms with E-state index in [4.69, 9.17) is 28.9 Å². The third-order valence-corrected chi connectivity index (χ3v) is 4.35. The minimum absolute atomic E-state index is 0.00641. The van der Waals surface area contributed by atoms with Crippen molar-refractivity contribution in [3.05, 3.63) is 46.5 Å². The maximum atomic E-state index is 13.4. The van der Waals surface area contributed by atoms with E-state index in [1.54, 1.807) is 0 Å². The predicted molar refractivity (Wildman–Crippen MR) is 75.9 cm³/mol. The molecule has 0 spiro atoms. The summed E-state index contributed by atoms with van der Waals surface area (Å²) >= 11 is 11.5. The first-order valence-corrected chi connectivity index (χ1v) is 7.42. The van der Waals surface area contributed by atoms with E-state index in [1.807, 2.05) is 0 Å². The van der Waals surface area contributed by atoms with Crippen molar-refractivity contribution < 1.29 is 12.8 Å². The fraction of sp³-hybridized carbons (Fsp3) is 0. The van der Waals surface area contributed by atoms with E-state index in [0.717, 1.165) is 18.3 Å². The SMILES string of the molecule is Nc1c(Cl)cc(S(=O)(=O)Nc2ccncc2F)cc1Cl. The first-order chi connectivity index (χ1) is 9.31. The van der Waals surface area contributed by atoms with Crippen LogP contribution in [0, 0.1) is 5.82 Å². The van der Waals surface area contributed by atoms with Crippen molar-refractivity contribution in [3.63, 3.8) is 0 Å². The molecule has 0 aliphatic carbocycles. The maximum Gasteiger partial charge on any atom is 0.262 e. The van der Waals surface area contributed by atoms with Gasteiger partial charge in [0.2, 0.25) is 0 Å². The molecule has 1 aromatic heterocycles. The second-order valence-corrected chi connectivity index (χ2v) is 6.26. The summed E-state index contributed by atoms with van der Waals surface area (Å²) in [4.78, 5) is 3.29. The molecule has 0 aliphatic rings. The van der Waals surface area contributed by atoms with E-state index in [2.05, 4.69) is 9.71 Å². The number of nitrogens with two attached hydrogens (primary N) is 1. The number of rotatable bonds is 3. The lowest BCUT2D eigenvalue weighted by atomic mass is 10.3. The van der Waals surface area contributed by atoms with E-state index in [1.165, 1.54) is 12.3 Å². The number of nitrogen functional groups attached to an aromatic ring is 1. The quantitative estimate of drug-likeness (QED) is 0.844. The van der Waals surface area contributed by atoms with Gasteiger partial charge in [0.15, 0.2) is 5.82 Å². The smallest absolute Gasteiger partial charge is 0.262 e. The zero-order valence-electron chi connectivity index (χ0n) is 9.77. The van der Waals surface area contributed by atoms with E-state index in [9.17, 15) is 12.8 Å². The minimum Gasteiger partial charge on any atom is -0.396 e. The lowest BCUT2D eigenvalue weighted by molar-refractivity contribution is 0.598. The summed E-state index contributed by atoms with van der Waals surface area (Å²) in [5.74, 6) is -0.802. The Morgan fingerprint density at radius 3 is 2.40 bits per heavy atom. The molecule has 0 saturated heterocycles. The fourth-order valence-electron chi connectivity index (χ4n) is 1.38. The first kappa shape index (κ1) is 14.8. The zero-order valence-corrected chi connectivity index (χ0v) is 12.1. The van der Waals surface area contributed by atoms with Gasteiger partial charge in [-0.25, -0.2) is 12.8 Å². The Hall–Kier alpha value is -1.57. The topological polar surface area (TPSA) is 85.1 Å². The first-order valence-electron chi connectivity index (χ1n) is 5.18. The van der Waals surface area contributed by atoms with Gasteiger partial charge in [0.25, 0.3) is 10.0 Å². The van der Waals surface area contributed by atoms with Gasteiger partial charge in [-0.3, -0.25) is 9.71 Å². The largest absolute Gasteiger partial charge is 0.396 e. The summed E-state index contributed by atoms with van der Waals surface area (Å²) in [7, 11) is -4.04. The van der Waals surface area contributed by atoms with Crippen molar-refractivity contribution in [2.24, 2.45) is 0 Å². The average Bonchev–Trinajstić information content (AvgIpc) is 2.38. The maximum absolute atomic E-state index is 13.4. The lowest BCUT2D eigenvalue weighted by Gasteiger charge is -2.10. The molecule has 0 radical (unpaired) electrons. The zero-order chi connectivity index (χ0) is 14.9. The van der Waals surface area contributed by atoms with Crippen molar-refractivity contribution in [1.82, 2.24) is 4.98 Å². The van der Waals surface area contributed by atoms with Crippen LogP contribution in [0.5, 0.6) is 0 Å². The normalized spacial score (nSPS) is 11.3. The Labute approximate surface area is 124 Å². The molecule has 9 heteroatoms. The summed E-state index contributed by atoms with van der Waals surface area (Å²) in [5, 5.41) is -0.0128. The van der Waals surface area contributed by atoms with Gasteiger partial charge in [0.1, 0.15) is 0 Å². The summed E-state index contributed by atoms with van der Waals surface area (Å²) in [6, 6.07) is 3.45. The molecule has 5 nitrogen and oxygen atoms in total. The van der Waals surface area contributed by atoms with Crippen molar-refractivity contribution in [1.29, 1.82) is 0 Å². The van der Waals surface area contributed by atoms with Gasteiger partial charge in [-0.05, 0) is 18.2 Å². The molecule has 0 bridgehead atoms. The number of benzene rings is 1. The molecule has 20 heavy (non-hydrogen) atoms. The molecule has 0 saturated carbocycles. The molecule has 106 valence electrons. The predicted octanol–water partition coefficient (Wildman–Crippen LogP) is 2.91. The molecular weight excluding hydrogens is 328 g/mol. The van der Waals surface area contributed by atoms with Crippen LogP contribution < -0.4 is 10.5 Å². The molecule has 2 rings (SSSR count). The van der Waals surface area contributed by atoms with Crippen LogP contribution in [0.3, 0.4) is 0 Å². The molecule has 0 aliphatic heterocycles. The molecule has 1 heterocycles. The van der Waals surface area contributed by atoms with Crippen LogP contribution in [0.15, 0.2) is 35.5 Å². The molecule has 3 N–H and O–H groups in total. The van der Waals surface area contributed by atoms with Gasteiger partial charge in [-0.15, -0.1) is 0 Å². The number of nitrogens with one attached hydrogen (secondary N) is 1. The molecule has 0 unspecified atom stereocenters. The molecule has 1 aromatic carbocycles. The van der Waals surface area contributed by atoms with Crippen molar-refractivity contribution >= 4 is 44.6 Å². The highest BCUT2D eigenvalue weighted by Crippen LogP contribution is 2.31. The monoisotopic (exact) mass is 335 g/mol. The standard InChI is InChI=1S/C11H8Cl2FN3O2S/c12-7-3-6(4-8(13)11(7)15)20(18,19)17-10-1-2-16-5-9(10)14/h1-5H,15H2,(H,16,17). The highest BCUT2D eigenvalue weighted by Gasteiger charge is 2.19. The third-order valence-electron chi connectivity index (χ3n) is 2.38. The summed E-state index contributed by atoms with van der Waals surface area (Å²) in [5.41, 5.74) is 5.36. The summed E-state index contributed by atoms with van der Waals surface area (Å²) in [6.07, 6.45) is 2.14. The Morgan fingerprint density at radius 2 is 1.85 bits per heavy atom.